The zero-order valence-corrected chi connectivity index (χ0v) is 16.9. The van der Waals surface area contributed by atoms with Gasteiger partial charge in [0.05, 0.1) is 6.54 Å². The molecule has 0 amide bonds. The Kier molecular flexibility index (Phi) is 11.0. The first kappa shape index (κ1) is 20.5. The first-order chi connectivity index (χ1) is 12.4. The van der Waals surface area contributed by atoms with Gasteiger partial charge in [-0.3, -0.25) is 0 Å². The van der Waals surface area contributed by atoms with Crippen molar-refractivity contribution in [1.29, 1.82) is 0 Å². The van der Waals surface area contributed by atoms with Crippen LogP contribution < -0.4 is 4.57 Å². The number of unbranched alkanes of at least 4 members (excludes halogenated alkanes) is 1. The fraction of sp³-hybridized carbons (Fsp3) is 0.870. The summed E-state index contributed by atoms with van der Waals surface area (Å²) in [6.07, 6.45) is 31.2. The predicted octanol–water partition coefficient (Wildman–Crippen LogP) is 6.98. The Balaban J connectivity index is 1.83. The van der Waals surface area contributed by atoms with Crippen LogP contribution in [0.25, 0.3) is 0 Å². The average molecular weight is 348 g/mol. The summed E-state index contributed by atoms with van der Waals surface area (Å²) in [5.74, 6) is 0. The maximum absolute atomic E-state index is 2.53. The molecule has 2 nitrogen and oxygen atoms in total. The summed E-state index contributed by atoms with van der Waals surface area (Å²) >= 11 is 0. The summed E-state index contributed by atoms with van der Waals surface area (Å²) in [6.45, 7) is 3.45. The highest BCUT2D eigenvalue weighted by molar-refractivity contribution is 4.76. The number of rotatable bonds is 4. The summed E-state index contributed by atoms with van der Waals surface area (Å²) in [5.41, 5.74) is 0. The first-order valence-electron chi connectivity index (χ1n) is 11.5. The second-order valence-electron chi connectivity index (χ2n) is 8.28. The molecule has 0 spiro atoms. The molecule has 1 aliphatic carbocycles. The van der Waals surface area contributed by atoms with Gasteiger partial charge in [0, 0.05) is 0 Å². The molecule has 0 bridgehead atoms. The number of imidazole rings is 1. The van der Waals surface area contributed by atoms with Crippen molar-refractivity contribution in [2.24, 2.45) is 0 Å². The highest BCUT2D eigenvalue weighted by Gasteiger charge is 2.16. The summed E-state index contributed by atoms with van der Waals surface area (Å²) in [4.78, 5) is 0. The number of hydrogen-bond donors (Lipinski definition) is 0. The van der Waals surface area contributed by atoms with Gasteiger partial charge in [-0.2, -0.15) is 0 Å². The molecular weight excluding hydrogens is 304 g/mol. The van der Waals surface area contributed by atoms with E-state index in [1.165, 1.54) is 116 Å². The third-order valence-electron chi connectivity index (χ3n) is 5.98. The molecule has 1 aliphatic rings. The molecular formula is C23H43N2+. The predicted molar refractivity (Wildman–Crippen MR) is 108 cm³/mol. The van der Waals surface area contributed by atoms with Crippen LogP contribution in [0, 0.1) is 0 Å². The van der Waals surface area contributed by atoms with Crippen LogP contribution in [0.15, 0.2) is 18.7 Å². The van der Waals surface area contributed by atoms with Gasteiger partial charge in [-0.15, -0.1) is 0 Å². The standard InChI is InChI=1S/C23H43N2/c1-2-3-19-24-20-21-25(22-24)23-17-15-13-11-9-7-5-4-6-8-10-12-14-16-18-23/h20-23H,2-19H2,1H3/q+1. The van der Waals surface area contributed by atoms with E-state index in [1.54, 1.807) is 0 Å². The van der Waals surface area contributed by atoms with Gasteiger partial charge in [-0.1, -0.05) is 84.0 Å². The molecule has 0 aliphatic heterocycles. The van der Waals surface area contributed by atoms with Gasteiger partial charge in [0.1, 0.15) is 18.4 Å². The van der Waals surface area contributed by atoms with E-state index >= 15 is 0 Å². The fourth-order valence-electron chi connectivity index (χ4n) is 4.25. The third kappa shape index (κ3) is 8.92. The topological polar surface area (TPSA) is 8.81 Å². The zero-order valence-electron chi connectivity index (χ0n) is 16.9. The van der Waals surface area contributed by atoms with E-state index < -0.39 is 0 Å². The minimum absolute atomic E-state index is 0.732. The molecule has 1 heterocycles. The van der Waals surface area contributed by atoms with E-state index in [-0.39, 0.29) is 0 Å². The van der Waals surface area contributed by atoms with Crippen molar-refractivity contribution in [3.63, 3.8) is 0 Å². The van der Waals surface area contributed by atoms with E-state index in [0.717, 1.165) is 6.04 Å². The van der Waals surface area contributed by atoms with Crippen molar-refractivity contribution in [2.75, 3.05) is 0 Å². The van der Waals surface area contributed by atoms with Crippen LogP contribution in [0.3, 0.4) is 0 Å². The number of hydrogen-bond acceptors (Lipinski definition) is 0. The minimum Gasteiger partial charge on any atom is -0.237 e. The summed E-state index contributed by atoms with van der Waals surface area (Å²) in [5, 5.41) is 0. The monoisotopic (exact) mass is 347 g/mol. The molecule has 0 aromatic carbocycles. The lowest BCUT2D eigenvalue weighted by Crippen LogP contribution is -2.31. The Morgan fingerprint density at radius 2 is 1.24 bits per heavy atom. The van der Waals surface area contributed by atoms with Crippen molar-refractivity contribution in [3.05, 3.63) is 18.7 Å². The van der Waals surface area contributed by atoms with E-state index in [1.807, 2.05) is 0 Å². The van der Waals surface area contributed by atoms with Crippen LogP contribution in [0.1, 0.15) is 122 Å². The largest absolute Gasteiger partial charge is 0.243 e. The first-order valence-corrected chi connectivity index (χ1v) is 11.5. The van der Waals surface area contributed by atoms with Crippen LogP contribution in [0.5, 0.6) is 0 Å². The van der Waals surface area contributed by atoms with Gasteiger partial charge in [-0.25, -0.2) is 9.13 Å². The van der Waals surface area contributed by atoms with E-state index in [2.05, 4.69) is 34.8 Å². The minimum atomic E-state index is 0.732. The Morgan fingerprint density at radius 1 is 0.760 bits per heavy atom. The van der Waals surface area contributed by atoms with Gasteiger partial charge in [0.15, 0.2) is 0 Å². The Labute approximate surface area is 157 Å². The lowest BCUT2D eigenvalue weighted by Gasteiger charge is -2.14. The second kappa shape index (κ2) is 13.4. The van der Waals surface area contributed by atoms with Gasteiger partial charge in [0.2, 0.25) is 6.33 Å². The van der Waals surface area contributed by atoms with Crippen molar-refractivity contribution >= 4 is 0 Å². The quantitative estimate of drug-likeness (QED) is 0.519. The van der Waals surface area contributed by atoms with Gasteiger partial charge in [0.25, 0.3) is 0 Å². The molecule has 144 valence electrons. The van der Waals surface area contributed by atoms with Crippen LogP contribution in [-0.4, -0.2) is 4.57 Å². The van der Waals surface area contributed by atoms with Crippen molar-refractivity contribution in [3.8, 4) is 0 Å². The normalized spacial score (nSPS) is 20.5. The number of aromatic nitrogens is 2. The van der Waals surface area contributed by atoms with Crippen LogP contribution in [-0.2, 0) is 6.54 Å². The molecule has 0 unspecified atom stereocenters. The molecule has 0 N–H and O–H groups in total. The molecule has 1 aromatic heterocycles. The van der Waals surface area contributed by atoms with Gasteiger partial charge in [-0.05, 0) is 32.1 Å². The number of nitrogens with zero attached hydrogens (tertiary/aromatic N) is 2. The van der Waals surface area contributed by atoms with E-state index in [4.69, 9.17) is 0 Å². The fourth-order valence-corrected chi connectivity index (χ4v) is 4.25. The van der Waals surface area contributed by atoms with Crippen LogP contribution in [0.2, 0.25) is 0 Å². The zero-order chi connectivity index (χ0) is 17.6. The average Bonchev–Trinajstić information content (AvgIpc) is 3.09. The summed E-state index contributed by atoms with van der Waals surface area (Å²) < 4.78 is 4.92. The second-order valence-corrected chi connectivity index (χ2v) is 8.28. The SMILES string of the molecule is CCCC[n+]1ccn(C2CCCCCCCCCCCCCCC2)c1. The maximum atomic E-state index is 2.53. The van der Waals surface area contributed by atoms with E-state index in [0.29, 0.717) is 0 Å². The lowest BCUT2D eigenvalue weighted by molar-refractivity contribution is -0.697. The molecule has 1 aromatic rings. The maximum Gasteiger partial charge on any atom is 0.243 e. The van der Waals surface area contributed by atoms with Crippen LogP contribution >= 0.6 is 0 Å². The molecule has 0 atom stereocenters. The highest BCUT2D eigenvalue weighted by Crippen LogP contribution is 2.24. The summed E-state index contributed by atoms with van der Waals surface area (Å²) in [7, 11) is 0. The Bertz CT molecular complexity index is 407. The molecule has 1 saturated carbocycles. The molecule has 2 rings (SSSR count). The lowest BCUT2D eigenvalue weighted by atomic mass is 9.98. The Morgan fingerprint density at radius 3 is 1.72 bits per heavy atom. The highest BCUT2D eigenvalue weighted by atomic mass is 15.1. The molecule has 0 saturated heterocycles. The van der Waals surface area contributed by atoms with Crippen molar-refractivity contribution < 1.29 is 4.57 Å². The molecule has 1 fully saturated rings. The molecule has 2 heteroatoms. The summed E-state index contributed by atoms with van der Waals surface area (Å²) in [6, 6.07) is 0.732. The molecule has 0 radical (unpaired) electrons. The smallest absolute Gasteiger partial charge is 0.237 e. The van der Waals surface area contributed by atoms with Crippen LogP contribution in [0.4, 0.5) is 0 Å². The third-order valence-corrected chi connectivity index (χ3v) is 5.98. The molecule has 25 heavy (non-hydrogen) atoms. The van der Waals surface area contributed by atoms with Gasteiger partial charge >= 0.3 is 0 Å². The number of aryl methyl sites for hydroxylation is 1. The van der Waals surface area contributed by atoms with Crippen molar-refractivity contribution in [2.45, 2.75) is 129 Å². The van der Waals surface area contributed by atoms with Crippen molar-refractivity contribution in [1.82, 2.24) is 4.57 Å². The Hall–Kier alpha value is -0.790. The van der Waals surface area contributed by atoms with Gasteiger partial charge < -0.3 is 0 Å². The van der Waals surface area contributed by atoms with E-state index in [9.17, 15) is 0 Å².